The molecular weight excluding hydrogens is 290 g/mol. The van der Waals surface area contributed by atoms with Crippen molar-refractivity contribution in [1.29, 1.82) is 0 Å². The molecule has 0 saturated carbocycles. The lowest BCUT2D eigenvalue weighted by Crippen LogP contribution is -2.06. The molecule has 4 nitrogen and oxygen atoms in total. The predicted molar refractivity (Wildman–Crippen MR) is 93.4 cm³/mol. The summed E-state index contributed by atoms with van der Waals surface area (Å²) in [5, 5.41) is 3.40. The van der Waals surface area contributed by atoms with Crippen LogP contribution in [0.5, 0.6) is 11.5 Å². The molecule has 0 bridgehead atoms. The van der Waals surface area contributed by atoms with Crippen molar-refractivity contribution in [1.82, 2.24) is 0 Å². The largest absolute Gasteiger partial charge is 0.494 e. The minimum atomic E-state index is 0.571. The monoisotopic (exact) mass is 315 g/mol. The smallest absolute Gasteiger partial charge is 0.121 e. The summed E-state index contributed by atoms with van der Waals surface area (Å²) in [4.78, 5) is 0. The highest BCUT2D eigenvalue weighted by atomic mass is 16.5. The summed E-state index contributed by atoms with van der Waals surface area (Å²) < 4.78 is 16.5. The Labute approximate surface area is 138 Å². The second kappa shape index (κ2) is 9.74. The van der Waals surface area contributed by atoms with Crippen molar-refractivity contribution in [3.8, 4) is 11.5 Å². The van der Waals surface area contributed by atoms with Gasteiger partial charge in [0.1, 0.15) is 18.1 Å². The maximum absolute atomic E-state index is 5.68. The lowest BCUT2D eigenvalue weighted by molar-refractivity contribution is 0.110. The van der Waals surface area contributed by atoms with E-state index in [2.05, 4.69) is 11.4 Å². The van der Waals surface area contributed by atoms with Gasteiger partial charge in [0.25, 0.3) is 0 Å². The number of hydrogen-bond donors (Lipinski definition) is 1. The first-order valence-electron chi connectivity index (χ1n) is 8.08. The highest BCUT2D eigenvalue weighted by molar-refractivity contribution is 5.48. The molecule has 2 aromatic rings. The Morgan fingerprint density at radius 3 is 2.39 bits per heavy atom. The van der Waals surface area contributed by atoms with Crippen LogP contribution >= 0.6 is 0 Å². The zero-order chi connectivity index (χ0) is 16.3. The van der Waals surface area contributed by atoms with E-state index in [1.165, 1.54) is 5.56 Å². The standard InChI is InChI=1S/C19H25NO3/c1-3-21-11-12-23-18-9-5-7-16(13-18)15-20-17-8-6-10-19(14-17)22-4-2/h5-10,13-14,20H,3-4,11-12,15H2,1-2H3. The number of benzene rings is 2. The second-order valence-corrected chi connectivity index (χ2v) is 5.01. The van der Waals surface area contributed by atoms with Crippen molar-refractivity contribution >= 4 is 5.69 Å². The van der Waals surface area contributed by atoms with Crippen LogP contribution in [-0.2, 0) is 11.3 Å². The lowest BCUT2D eigenvalue weighted by Gasteiger charge is -2.11. The fraction of sp³-hybridized carbons (Fsp3) is 0.368. The second-order valence-electron chi connectivity index (χ2n) is 5.01. The summed E-state index contributed by atoms with van der Waals surface area (Å²) >= 11 is 0. The Morgan fingerprint density at radius 2 is 1.61 bits per heavy atom. The van der Waals surface area contributed by atoms with Gasteiger partial charge in [0, 0.05) is 24.9 Å². The number of rotatable bonds is 10. The molecule has 4 heteroatoms. The third kappa shape index (κ3) is 6.20. The van der Waals surface area contributed by atoms with Crippen LogP contribution in [0.15, 0.2) is 48.5 Å². The molecule has 2 aromatic carbocycles. The SMILES string of the molecule is CCOCCOc1cccc(CNc2cccc(OCC)c2)c1. The molecule has 0 spiro atoms. The van der Waals surface area contributed by atoms with E-state index in [4.69, 9.17) is 14.2 Å². The molecular formula is C19H25NO3. The summed E-state index contributed by atoms with van der Waals surface area (Å²) in [5.41, 5.74) is 2.21. The molecule has 0 saturated heterocycles. The van der Waals surface area contributed by atoms with E-state index >= 15 is 0 Å². The molecule has 0 heterocycles. The van der Waals surface area contributed by atoms with Gasteiger partial charge < -0.3 is 19.5 Å². The Bertz CT molecular complexity index is 586. The average Bonchev–Trinajstić information content (AvgIpc) is 2.58. The van der Waals surface area contributed by atoms with Crippen LogP contribution in [-0.4, -0.2) is 26.4 Å². The molecule has 0 aliphatic carbocycles. The molecule has 124 valence electrons. The van der Waals surface area contributed by atoms with Crippen molar-refractivity contribution in [2.75, 3.05) is 31.7 Å². The predicted octanol–water partition coefficient (Wildman–Crippen LogP) is 4.11. The van der Waals surface area contributed by atoms with E-state index < -0.39 is 0 Å². The zero-order valence-electron chi connectivity index (χ0n) is 13.9. The molecule has 2 rings (SSSR count). The highest BCUT2D eigenvalue weighted by Gasteiger charge is 1.99. The van der Waals surface area contributed by atoms with Crippen LogP contribution in [0, 0.1) is 0 Å². The van der Waals surface area contributed by atoms with Gasteiger partial charge in [-0.25, -0.2) is 0 Å². The van der Waals surface area contributed by atoms with Gasteiger partial charge in [-0.05, 0) is 43.7 Å². The fourth-order valence-electron chi connectivity index (χ4n) is 2.17. The molecule has 0 aliphatic heterocycles. The van der Waals surface area contributed by atoms with Crippen LogP contribution in [0.3, 0.4) is 0 Å². The van der Waals surface area contributed by atoms with Gasteiger partial charge in [0.2, 0.25) is 0 Å². The molecule has 0 aromatic heterocycles. The van der Waals surface area contributed by atoms with Crippen molar-refractivity contribution in [3.05, 3.63) is 54.1 Å². The van der Waals surface area contributed by atoms with Gasteiger partial charge in [0.15, 0.2) is 0 Å². The van der Waals surface area contributed by atoms with E-state index in [-0.39, 0.29) is 0 Å². The van der Waals surface area contributed by atoms with Crippen molar-refractivity contribution < 1.29 is 14.2 Å². The highest BCUT2D eigenvalue weighted by Crippen LogP contribution is 2.19. The number of nitrogens with one attached hydrogen (secondary N) is 1. The van der Waals surface area contributed by atoms with E-state index in [0.29, 0.717) is 26.4 Å². The Morgan fingerprint density at radius 1 is 0.826 bits per heavy atom. The first-order chi connectivity index (χ1) is 11.3. The maximum atomic E-state index is 5.68. The van der Waals surface area contributed by atoms with Gasteiger partial charge >= 0.3 is 0 Å². The molecule has 0 atom stereocenters. The van der Waals surface area contributed by atoms with Gasteiger partial charge in [-0.3, -0.25) is 0 Å². The molecule has 0 amide bonds. The zero-order valence-corrected chi connectivity index (χ0v) is 13.9. The summed E-state index contributed by atoms with van der Waals surface area (Å²) in [6.07, 6.45) is 0. The van der Waals surface area contributed by atoms with Crippen LogP contribution < -0.4 is 14.8 Å². The maximum Gasteiger partial charge on any atom is 0.121 e. The number of hydrogen-bond acceptors (Lipinski definition) is 4. The molecule has 0 fully saturated rings. The fourth-order valence-corrected chi connectivity index (χ4v) is 2.17. The van der Waals surface area contributed by atoms with Crippen molar-refractivity contribution in [3.63, 3.8) is 0 Å². The van der Waals surface area contributed by atoms with Crippen molar-refractivity contribution in [2.45, 2.75) is 20.4 Å². The van der Waals surface area contributed by atoms with Gasteiger partial charge in [-0.15, -0.1) is 0 Å². The van der Waals surface area contributed by atoms with E-state index in [1.807, 2.05) is 56.3 Å². The van der Waals surface area contributed by atoms with Crippen LogP contribution in [0.1, 0.15) is 19.4 Å². The summed E-state index contributed by atoms with van der Waals surface area (Å²) in [5.74, 6) is 1.75. The van der Waals surface area contributed by atoms with Crippen LogP contribution in [0.25, 0.3) is 0 Å². The minimum Gasteiger partial charge on any atom is -0.494 e. The number of anilines is 1. The van der Waals surface area contributed by atoms with E-state index in [1.54, 1.807) is 0 Å². The van der Waals surface area contributed by atoms with Crippen LogP contribution in [0.4, 0.5) is 5.69 Å². The van der Waals surface area contributed by atoms with Gasteiger partial charge in [-0.1, -0.05) is 18.2 Å². The van der Waals surface area contributed by atoms with Crippen molar-refractivity contribution in [2.24, 2.45) is 0 Å². The first-order valence-corrected chi connectivity index (χ1v) is 8.08. The number of ether oxygens (including phenoxy) is 3. The summed E-state index contributed by atoms with van der Waals surface area (Å²) in [6, 6.07) is 16.1. The van der Waals surface area contributed by atoms with E-state index in [0.717, 1.165) is 23.7 Å². The third-order valence-electron chi connectivity index (χ3n) is 3.24. The molecule has 0 radical (unpaired) electrons. The Hall–Kier alpha value is -2.20. The van der Waals surface area contributed by atoms with Gasteiger partial charge in [0.05, 0.1) is 13.2 Å². The van der Waals surface area contributed by atoms with Crippen LogP contribution in [0.2, 0.25) is 0 Å². The molecule has 23 heavy (non-hydrogen) atoms. The summed E-state index contributed by atoms with van der Waals surface area (Å²) in [7, 11) is 0. The topological polar surface area (TPSA) is 39.7 Å². The summed E-state index contributed by atoms with van der Waals surface area (Å²) in [6.45, 7) is 7.27. The molecule has 0 aliphatic rings. The third-order valence-corrected chi connectivity index (χ3v) is 3.24. The molecule has 0 unspecified atom stereocenters. The van der Waals surface area contributed by atoms with E-state index in [9.17, 15) is 0 Å². The van der Waals surface area contributed by atoms with Gasteiger partial charge in [-0.2, -0.15) is 0 Å². The Kier molecular flexibility index (Phi) is 7.27. The minimum absolute atomic E-state index is 0.571. The normalized spacial score (nSPS) is 10.3. The average molecular weight is 315 g/mol. The first kappa shape index (κ1) is 17.2. The molecule has 1 N–H and O–H groups in total. The lowest BCUT2D eigenvalue weighted by atomic mass is 10.2. The Balaban J connectivity index is 1.86. The quantitative estimate of drug-likeness (QED) is 0.670.